The van der Waals surface area contributed by atoms with Crippen LogP contribution in [0.1, 0.15) is 40.5 Å². The van der Waals surface area contributed by atoms with Gasteiger partial charge >= 0.3 is 5.97 Å². The lowest BCUT2D eigenvalue weighted by Crippen LogP contribution is -2.50. The van der Waals surface area contributed by atoms with Gasteiger partial charge in [-0.2, -0.15) is 0 Å². The molecule has 0 saturated carbocycles. The van der Waals surface area contributed by atoms with Crippen LogP contribution in [0.2, 0.25) is 0 Å². The maximum absolute atomic E-state index is 12.8. The number of ether oxygens (including phenoxy) is 1. The molecule has 2 saturated heterocycles. The topological polar surface area (TPSA) is 49.9 Å². The molecule has 120 valence electrons. The van der Waals surface area contributed by atoms with Crippen molar-refractivity contribution in [3.8, 4) is 0 Å². The molecule has 2 fully saturated rings. The summed E-state index contributed by atoms with van der Waals surface area (Å²) in [7, 11) is 1.41. The molecule has 5 nitrogen and oxygen atoms in total. The van der Waals surface area contributed by atoms with Crippen LogP contribution in [0, 0.1) is 11.8 Å². The molecule has 0 N–H and O–H groups in total. The van der Waals surface area contributed by atoms with Gasteiger partial charge in [-0.3, -0.25) is 14.5 Å². The lowest BCUT2D eigenvalue weighted by molar-refractivity contribution is -0.146. The van der Waals surface area contributed by atoms with Gasteiger partial charge in [0.25, 0.3) is 0 Å². The van der Waals surface area contributed by atoms with Gasteiger partial charge in [-0.05, 0) is 39.5 Å². The Labute approximate surface area is 127 Å². The van der Waals surface area contributed by atoms with Crippen molar-refractivity contribution in [2.24, 2.45) is 11.8 Å². The number of nitrogens with zero attached hydrogens (tertiary/aromatic N) is 2. The number of esters is 1. The molecule has 1 amide bonds. The van der Waals surface area contributed by atoms with E-state index < -0.39 is 0 Å². The molecule has 5 heteroatoms. The van der Waals surface area contributed by atoms with Crippen molar-refractivity contribution >= 4 is 11.9 Å². The number of carbonyl (C=O) groups is 2. The molecule has 5 atom stereocenters. The van der Waals surface area contributed by atoms with Crippen molar-refractivity contribution in [2.45, 2.75) is 58.7 Å². The van der Waals surface area contributed by atoms with Crippen molar-refractivity contribution in [3.05, 3.63) is 0 Å². The highest BCUT2D eigenvalue weighted by Gasteiger charge is 2.41. The zero-order valence-corrected chi connectivity index (χ0v) is 13.8. The van der Waals surface area contributed by atoms with E-state index >= 15 is 0 Å². The number of hydrogen-bond acceptors (Lipinski definition) is 4. The first-order valence-electron chi connectivity index (χ1n) is 8.00. The fourth-order valence-electron chi connectivity index (χ4n) is 3.98. The summed E-state index contributed by atoms with van der Waals surface area (Å²) < 4.78 is 4.84. The van der Waals surface area contributed by atoms with Crippen molar-refractivity contribution < 1.29 is 14.3 Å². The molecule has 0 radical (unpaired) electrons. The minimum Gasteiger partial charge on any atom is -0.469 e. The average Bonchev–Trinajstić information content (AvgIpc) is 3.00. The van der Waals surface area contributed by atoms with E-state index in [9.17, 15) is 9.59 Å². The van der Waals surface area contributed by atoms with Gasteiger partial charge in [0.05, 0.1) is 19.1 Å². The number of rotatable bonds is 3. The number of carbonyl (C=O) groups excluding carboxylic acids is 2. The Morgan fingerprint density at radius 2 is 1.67 bits per heavy atom. The first-order valence-corrected chi connectivity index (χ1v) is 8.00. The van der Waals surface area contributed by atoms with Crippen LogP contribution in [-0.4, -0.2) is 60.0 Å². The molecular weight excluding hydrogens is 268 g/mol. The normalized spacial score (nSPS) is 35.0. The van der Waals surface area contributed by atoms with Gasteiger partial charge in [0.2, 0.25) is 5.91 Å². The minimum atomic E-state index is -0.201. The Balaban J connectivity index is 2.02. The molecule has 0 spiro atoms. The molecule has 2 aliphatic heterocycles. The molecule has 2 aliphatic rings. The highest BCUT2D eigenvalue weighted by Crippen LogP contribution is 2.29. The summed E-state index contributed by atoms with van der Waals surface area (Å²) in [5.74, 6) is -0.0659. The lowest BCUT2D eigenvalue weighted by atomic mass is 9.99. The van der Waals surface area contributed by atoms with Crippen LogP contribution in [0.5, 0.6) is 0 Å². The fourth-order valence-corrected chi connectivity index (χ4v) is 3.98. The smallest absolute Gasteiger partial charge is 0.310 e. The van der Waals surface area contributed by atoms with E-state index in [0.29, 0.717) is 25.2 Å². The highest BCUT2D eigenvalue weighted by molar-refractivity contribution is 5.83. The number of likely N-dealkylation sites (tertiary alicyclic amines) is 2. The number of amides is 1. The molecule has 0 aromatic heterocycles. The van der Waals surface area contributed by atoms with Crippen LogP contribution >= 0.6 is 0 Å². The van der Waals surface area contributed by atoms with Crippen LogP contribution in [0.3, 0.4) is 0 Å². The van der Waals surface area contributed by atoms with Gasteiger partial charge in [0.1, 0.15) is 0 Å². The summed E-state index contributed by atoms with van der Waals surface area (Å²) in [5, 5.41) is 0. The standard InChI is InChI=1S/C16H28N2O3/c1-10-8-17(9-14(10)16(20)21-5)15(19)13(4)18-11(2)6-7-12(18)3/h10-14H,6-9H2,1-5H3. The summed E-state index contributed by atoms with van der Waals surface area (Å²) in [6, 6.07) is 0.798. The molecule has 21 heavy (non-hydrogen) atoms. The minimum absolute atomic E-state index is 0.110. The third kappa shape index (κ3) is 3.07. The first-order chi connectivity index (χ1) is 9.86. The molecule has 0 aromatic carbocycles. The summed E-state index contributed by atoms with van der Waals surface area (Å²) in [6.07, 6.45) is 2.31. The summed E-state index contributed by atoms with van der Waals surface area (Å²) in [4.78, 5) is 28.7. The third-order valence-corrected chi connectivity index (χ3v) is 5.25. The monoisotopic (exact) mass is 296 g/mol. The van der Waals surface area contributed by atoms with Crippen molar-refractivity contribution in [1.82, 2.24) is 9.80 Å². The van der Waals surface area contributed by atoms with E-state index in [0.717, 1.165) is 12.8 Å². The Morgan fingerprint density at radius 3 is 2.19 bits per heavy atom. The molecule has 2 heterocycles. The zero-order chi connectivity index (χ0) is 15.7. The summed E-state index contributed by atoms with van der Waals surface area (Å²) >= 11 is 0. The fraction of sp³-hybridized carbons (Fsp3) is 0.875. The van der Waals surface area contributed by atoms with Gasteiger partial charge in [-0.1, -0.05) is 6.92 Å². The van der Waals surface area contributed by atoms with Crippen molar-refractivity contribution in [3.63, 3.8) is 0 Å². The van der Waals surface area contributed by atoms with E-state index in [1.54, 1.807) is 0 Å². The maximum Gasteiger partial charge on any atom is 0.310 e. The number of methoxy groups -OCH3 is 1. The SMILES string of the molecule is COC(=O)C1CN(C(=O)C(C)N2C(C)CCC2C)CC1C. The summed E-state index contributed by atoms with van der Waals surface area (Å²) in [6.45, 7) is 9.54. The molecule has 5 unspecified atom stereocenters. The molecule has 0 bridgehead atoms. The predicted molar refractivity (Wildman–Crippen MR) is 80.7 cm³/mol. The quantitative estimate of drug-likeness (QED) is 0.741. The van der Waals surface area contributed by atoms with Gasteiger partial charge in [-0.15, -0.1) is 0 Å². The number of hydrogen-bond donors (Lipinski definition) is 0. The molecule has 0 aromatic rings. The Bertz CT molecular complexity index is 402. The van der Waals surface area contributed by atoms with E-state index in [-0.39, 0.29) is 29.8 Å². The maximum atomic E-state index is 12.8. The van der Waals surface area contributed by atoms with Gasteiger partial charge < -0.3 is 9.64 Å². The largest absolute Gasteiger partial charge is 0.469 e. The van der Waals surface area contributed by atoms with Crippen molar-refractivity contribution in [2.75, 3.05) is 20.2 Å². The van der Waals surface area contributed by atoms with Crippen molar-refractivity contribution in [1.29, 1.82) is 0 Å². The van der Waals surface area contributed by atoms with Crippen LogP contribution < -0.4 is 0 Å². The van der Waals surface area contributed by atoms with E-state index in [4.69, 9.17) is 4.74 Å². The second kappa shape index (κ2) is 6.34. The highest BCUT2D eigenvalue weighted by atomic mass is 16.5. The zero-order valence-electron chi connectivity index (χ0n) is 13.8. The van der Waals surface area contributed by atoms with E-state index in [1.807, 2.05) is 18.7 Å². The van der Waals surface area contributed by atoms with Crippen LogP contribution in [0.25, 0.3) is 0 Å². The average molecular weight is 296 g/mol. The van der Waals surface area contributed by atoms with Crippen LogP contribution in [0.15, 0.2) is 0 Å². The van der Waals surface area contributed by atoms with Gasteiger partial charge in [-0.25, -0.2) is 0 Å². The summed E-state index contributed by atoms with van der Waals surface area (Å²) in [5.41, 5.74) is 0. The molecule has 0 aliphatic carbocycles. The van der Waals surface area contributed by atoms with Gasteiger partial charge in [0, 0.05) is 25.2 Å². The Kier molecular flexibility index (Phi) is 4.91. The first kappa shape index (κ1) is 16.3. The van der Waals surface area contributed by atoms with Crippen LogP contribution in [0.4, 0.5) is 0 Å². The lowest BCUT2D eigenvalue weighted by Gasteiger charge is -2.34. The van der Waals surface area contributed by atoms with Crippen LogP contribution in [-0.2, 0) is 14.3 Å². The van der Waals surface area contributed by atoms with E-state index in [1.165, 1.54) is 7.11 Å². The second-order valence-corrected chi connectivity index (χ2v) is 6.75. The van der Waals surface area contributed by atoms with Gasteiger partial charge in [0.15, 0.2) is 0 Å². The third-order valence-electron chi connectivity index (χ3n) is 5.25. The predicted octanol–water partition coefficient (Wildman–Crippen LogP) is 1.52. The Hall–Kier alpha value is -1.10. The molecule has 2 rings (SSSR count). The van der Waals surface area contributed by atoms with E-state index in [2.05, 4.69) is 18.7 Å². The second-order valence-electron chi connectivity index (χ2n) is 6.75. The Morgan fingerprint density at radius 1 is 1.10 bits per heavy atom. The molecular formula is C16H28N2O3.